The van der Waals surface area contributed by atoms with Crippen LogP contribution in [0, 0.1) is 46.3 Å². The van der Waals surface area contributed by atoms with Crippen LogP contribution in [-0.2, 0) is 14.9 Å². The molecule has 0 aromatic carbocycles. The zero-order valence-corrected chi connectivity index (χ0v) is 24.7. The van der Waals surface area contributed by atoms with Crippen LogP contribution in [0.15, 0.2) is 0 Å². The van der Waals surface area contributed by atoms with Crippen LogP contribution in [0.3, 0.4) is 0 Å². The number of rotatable bonds is 7. The predicted molar refractivity (Wildman–Crippen MR) is 130 cm³/mol. The summed E-state index contributed by atoms with van der Waals surface area (Å²) in [5.74, 6) is -2.16. The van der Waals surface area contributed by atoms with E-state index in [0.717, 1.165) is 12.8 Å². The van der Waals surface area contributed by atoms with Gasteiger partial charge in [-0.3, -0.25) is 4.79 Å². The summed E-state index contributed by atoms with van der Waals surface area (Å²) in [6.07, 6.45) is -7.81. The first-order valence-electron chi connectivity index (χ1n) is 15.4. The smallest absolute Gasteiger partial charge is 0.748 e. The number of carbonyl (C=O) groups excluding carboxylic acids is 1. The van der Waals surface area contributed by atoms with E-state index in [4.69, 9.17) is 6.85 Å². The Balaban J connectivity index is 0.00000462. The first-order valence-corrected chi connectivity index (χ1v) is 14.5. The molecule has 0 radical (unpaired) electrons. The summed E-state index contributed by atoms with van der Waals surface area (Å²) < 4.78 is 74.6. The summed E-state index contributed by atoms with van der Waals surface area (Å²) in [5.41, 5.74) is -1.78. The van der Waals surface area contributed by atoms with Crippen molar-refractivity contribution in [1.29, 1.82) is 0 Å². The van der Waals surface area contributed by atoms with Crippen LogP contribution in [0.25, 0.3) is 0 Å². The van der Waals surface area contributed by atoms with E-state index in [-0.39, 0.29) is 78.5 Å². The average molecular weight is 543 g/mol. The van der Waals surface area contributed by atoms with E-state index in [0.29, 0.717) is 19.3 Å². The molecular weight excluding hydrogens is 493 g/mol. The molecule has 4 aliphatic rings. The van der Waals surface area contributed by atoms with Gasteiger partial charge in [-0.25, -0.2) is 8.42 Å². The van der Waals surface area contributed by atoms with Crippen LogP contribution in [0.1, 0.15) is 85.3 Å². The van der Waals surface area contributed by atoms with Crippen LogP contribution < -0.4 is 34.9 Å². The average Bonchev–Trinajstić information content (AvgIpc) is 3.20. The molecule has 4 N–H and O–H groups in total. The molecule has 0 aromatic rings. The van der Waals surface area contributed by atoms with Gasteiger partial charge in [-0.2, -0.15) is 0 Å². The molecule has 0 bridgehead atoms. The van der Waals surface area contributed by atoms with Crippen molar-refractivity contribution < 1.29 is 69.5 Å². The van der Waals surface area contributed by atoms with Crippen molar-refractivity contribution in [2.75, 3.05) is 12.3 Å². The number of amides is 1. The number of aliphatic hydroxyl groups excluding tert-OH is 2. The fraction of sp³-hybridized carbons (Fsp3) is 0.962. The second-order valence-corrected chi connectivity index (χ2v) is 13.4. The van der Waals surface area contributed by atoms with Gasteiger partial charge in [0.15, 0.2) is 0 Å². The van der Waals surface area contributed by atoms with E-state index in [2.05, 4.69) is 12.2 Å². The van der Waals surface area contributed by atoms with Crippen LogP contribution in [0.2, 0.25) is 0 Å². The van der Waals surface area contributed by atoms with E-state index >= 15 is 0 Å². The molecule has 0 saturated heterocycles. The van der Waals surface area contributed by atoms with E-state index in [1.807, 2.05) is 6.92 Å². The Morgan fingerprint density at radius 3 is 2.47 bits per heavy atom. The van der Waals surface area contributed by atoms with Crippen molar-refractivity contribution in [2.24, 2.45) is 46.3 Å². The second kappa shape index (κ2) is 11.4. The summed E-state index contributed by atoms with van der Waals surface area (Å²) in [5, 5.41) is 36.2. The minimum absolute atomic E-state index is 0. The number of hydrogen-bond donors (Lipinski definition) is 4. The molecule has 0 aliphatic heterocycles. The number of hydrogen-bond acceptors (Lipinski definition) is 7. The Bertz CT molecular complexity index is 1110. The van der Waals surface area contributed by atoms with Crippen molar-refractivity contribution in [3.63, 3.8) is 0 Å². The monoisotopic (exact) mass is 542 g/mol. The van der Waals surface area contributed by atoms with Crippen LogP contribution in [-0.4, -0.2) is 64.8 Å². The first-order chi connectivity index (χ1) is 18.1. The van der Waals surface area contributed by atoms with Gasteiger partial charge in [0.2, 0.25) is 5.91 Å². The SMILES string of the molecule is [2H]C1([2H])[C@@H](O)[C@]2(C)C3C[C@H](O)[C@@]4(C)C(CC[C@@H]4[C@H](C)CCC(=O)NCCS(=O)(=O)[O-])C3CC[C@@H]2C([2H])([2H])C1([2H])O.[Na+]. The molecule has 0 heterocycles. The van der Waals surface area contributed by atoms with Gasteiger partial charge in [-0.15, -0.1) is 0 Å². The van der Waals surface area contributed by atoms with Crippen molar-refractivity contribution in [1.82, 2.24) is 5.32 Å². The van der Waals surface area contributed by atoms with Gasteiger partial charge < -0.3 is 25.2 Å². The fourth-order valence-corrected chi connectivity index (χ4v) is 8.75. The van der Waals surface area contributed by atoms with Gasteiger partial charge in [0.05, 0.1) is 35.5 Å². The molecule has 0 aromatic heterocycles. The molecule has 8 nitrogen and oxygen atoms in total. The third-order valence-corrected chi connectivity index (χ3v) is 11.0. The second-order valence-electron chi connectivity index (χ2n) is 11.8. The van der Waals surface area contributed by atoms with Crippen LogP contribution >= 0.6 is 0 Å². The quantitative estimate of drug-likeness (QED) is 0.239. The predicted octanol–water partition coefficient (Wildman–Crippen LogP) is -0.970. The van der Waals surface area contributed by atoms with Gasteiger partial charge in [0, 0.05) is 18.4 Å². The molecule has 10 heteroatoms. The van der Waals surface area contributed by atoms with E-state index < -0.39 is 69.6 Å². The zero-order valence-electron chi connectivity index (χ0n) is 26.9. The van der Waals surface area contributed by atoms with Crippen LogP contribution in [0.5, 0.6) is 0 Å². The molecular formula is C26H44NNaO7S. The van der Waals surface area contributed by atoms with Gasteiger partial charge in [0.25, 0.3) is 0 Å². The summed E-state index contributed by atoms with van der Waals surface area (Å²) in [4.78, 5) is 12.2. The Morgan fingerprint density at radius 2 is 1.81 bits per heavy atom. The first kappa shape index (κ1) is 24.1. The largest absolute Gasteiger partial charge is 1.00 e. The van der Waals surface area contributed by atoms with Crippen molar-refractivity contribution in [3.8, 4) is 0 Å². The molecule has 202 valence electrons. The molecule has 4 aliphatic carbocycles. The molecule has 4 saturated carbocycles. The van der Waals surface area contributed by atoms with Gasteiger partial charge in [0.1, 0.15) is 0 Å². The molecule has 36 heavy (non-hydrogen) atoms. The Morgan fingerprint density at radius 1 is 1.11 bits per heavy atom. The maximum absolute atomic E-state index is 12.2. The molecule has 4 unspecified atom stereocenters. The van der Waals surface area contributed by atoms with E-state index in [9.17, 15) is 33.1 Å². The minimum Gasteiger partial charge on any atom is -0.748 e. The fourth-order valence-electron chi connectivity index (χ4n) is 8.40. The molecule has 1 amide bonds. The Hall–Kier alpha value is 0.260. The molecule has 4 fully saturated rings. The van der Waals surface area contributed by atoms with Gasteiger partial charge in [-0.1, -0.05) is 20.8 Å². The number of fused-ring (bicyclic) bond motifs is 5. The minimum atomic E-state index is -4.41. The number of nitrogens with one attached hydrogen (secondary N) is 1. The summed E-state index contributed by atoms with van der Waals surface area (Å²) in [6.45, 7) is 5.54. The standard InChI is InChI=1S/C26H45NO7S.Na/c1-15(4-9-24(31)27-10-11-35(32,33)34)19-7-8-20-18-6-5-16-12-17(28)13-22(29)25(16,2)21(18)14-23(30)26(19,20)3;/h15-23,28-30H,4-14H2,1-3H3,(H,27,31)(H,32,33,34);/q;+1/p-1/t15-,16-,17?,18?,19-,20?,21?,22-,23+,25+,26-;/m1./s1/i12D2,13D2,17D;. The Kier molecular flexibility index (Phi) is 7.63. The number of aliphatic hydroxyl groups is 3. The topological polar surface area (TPSA) is 147 Å². The molecule has 11 atom stereocenters. The summed E-state index contributed by atoms with van der Waals surface area (Å²) >= 11 is 0. The molecule has 0 spiro atoms. The van der Waals surface area contributed by atoms with Gasteiger partial charge in [-0.05, 0) is 97.6 Å². The maximum Gasteiger partial charge on any atom is 1.00 e. The third kappa shape index (κ3) is 5.60. The number of carbonyl (C=O) groups is 1. The summed E-state index contributed by atoms with van der Waals surface area (Å²) in [7, 11) is -4.41. The maximum atomic E-state index is 12.2. The van der Waals surface area contributed by atoms with E-state index in [1.165, 1.54) is 0 Å². The third-order valence-electron chi connectivity index (χ3n) is 10.3. The van der Waals surface area contributed by atoms with Crippen molar-refractivity contribution in [3.05, 3.63) is 0 Å². The summed E-state index contributed by atoms with van der Waals surface area (Å²) in [6, 6.07) is 0. The van der Waals surface area contributed by atoms with Crippen LogP contribution in [0.4, 0.5) is 0 Å². The molecule has 4 rings (SSSR count). The van der Waals surface area contributed by atoms with Crippen molar-refractivity contribution >= 4 is 16.0 Å². The van der Waals surface area contributed by atoms with Gasteiger partial charge >= 0.3 is 29.6 Å². The normalized spacial score (nSPS) is 51.9. The Labute approximate surface area is 245 Å². The zero-order chi connectivity index (χ0) is 30.3. The van der Waals surface area contributed by atoms with Crippen molar-refractivity contribution in [2.45, 2.75) is 96.8 Å². The van der Waals surface area contributed by atoms with E-state index in [1.54, 1.807) is 6.92 Å².